The Hall–Kier alpha value is -2.41. The highest BCUT2D eigenvalue weighted by atomic mass is 79.9. The number of H-pyrrole nitrogens is 1. The summed E-state index contributed by atoms with van der Waals surface area (Å²) < 4.78 is 2.03. The third-order valence-corrected chi connectivity index (χ3v) is 3.35. The summed E-state index contributed by atoms with van der Waals surface area (Å²) in [5.41, 5.74) is 0.906. The molecule has 0 amide bonds. The molecule has 0 spiro atoms. The largest absolute Gasteiger partial charge is 0.477 e. The van der Waals surface area contributed by atoms with Crippen LogP contribution in [-0.2, 0) is 0 Å². The van der Waals surface area contributed by atoms with Gasteiger partial charge in [-0.3, -0.25) is 9.89 Å². The van der Waals surface area contributed by atoms with E-state index in [4.69, 9.17) is 5.11 Å². The molecule has 2 heterocycles. The topological polar surface area (TPSA) is 87.5 Å². The summed E-state index contributed by atoms with van der Waals surface area (Å²) in [6, 6.07) is 9.20. The number of carboxylic acid groups (broad SMARTS) is 1. The molecule has 100 valence electrons. The number of carboxylic acids is 1. The fourth-order valence-corrected chi connectivity index (χ4v) is 2.31. The number of benzene rings is 1. The van der Waals surface area contributed by atoms with Gasteiger partial charge in [0.15, 0.2) is 5.65 Å². The molecule has 0 bridgehead atoms. The van der Waals surface area contributed by atoms with Crippen molar-refractivity contribution in [2.75, 3.05) is 0 Å². The molecule has 0 fully saturated rings. The van der Waals surface area contributed by atoms with E-state index in [-0.39, 0.29) is 5.56 Å². The summed E-state index contributed by atoms with van der Waals surface area (Å²) in [6.07, 6.45) is 1.07. The number of carbonyl (C=O) groups is 1. The average molecular weight is 334 g/mol. The number of aromatic nitrogens is 3. The van der Waals surface area contributed by atoms with Gasteiger partial charge in [-0.05, 0) is 12.1 Å². The molecule has 6 nitrogen and oxygen atoms in total. The van der Waals surface area contributed by atoms with E-state index in [0.29, 0.717) is 11.3 Å². The zero-order valence-electron chi connectivity index (χ0n) is 10.0. The van der Waals surface area contributed by atoms with Gasteiger partial charge in [0.25, 0.3) is 5.56 Å². The van der Waals surface area contributed by atoms with Crippen LogP contribution in [0.25, 0.3) is 16.9 Å². The second-order valence-electron chi connectivity index (χ2n) is 4.16. The molecule has 0 saturated heterocycles. The standard InChI is InChI=1S/C13H8BrN3O3/c14-8-3-1-2-7(4-8)10-5-11-15-6-9(13(19)20)12(18)17(11)16-10/h1-6,16H,(H,19,20). The second kappa shape index (κ2) is 4.61. The number of hydrogen-bond donors (Lipinski definition) is 2. The first-order chi connectivity index (χ1) is 9.56. The quantitative estimate of drug-likeness (QED) is 0.752. The maximum atomic E-state index is 12.0. The maximum absolute atomic E-state index is 12.0. The lowest BCUT2D eigenvalue weighted by molar-refractivity contribution is 0.0694. The Bertz CT molecular complexity index is 882. The Kier molecular flexibility index (Phi) is 2.90. The van der Waals surface area contributed by atoms with Gasteiger partial charge in [0.1, 0.15) is 5.56 Å². The first-order valence-corrected chi connectivity index (χ1v) is 6.45. The lowest BCUT2D eigenvalue weighted by Gasteiger charge is -1.97. The summed E-state index contributed by atoms with van der Waals surface area (Å²) in [6.45, 7) is 0. The molecule has 0 unspecified atom stereocenters. The molecule has 1 aromatic carbocycles. The SMILES string of the molecule is O=C(O)c1cnc2cc(-c3cccc(Br)c3)[nH]n2c1=O. The van der Waals surface area contributed by atoms with Crippen LogP contribution in [0.3, 0.4) is 0 Å². The first kappa shape index (κ1) is 12.6. The van der Waals surface area contributed by atoms with Crippen LogP contribution in [0.5, 0.6) is 0 Å². The van der Waals surface area contributed by atoms with Gasteiger partial charge in [0.05, 0.1) is 5.69 Å². The number of nitrogens with one attached hydrogen (secondary N) is 1. The number of rotatable bonds is 2. The number of hydrogen-bond acceptors (Lipinski definition) is 3. The van der Waals surface area contributed by atoms with E-state index < -0.39 is 11.5 Å². The second-order valence-corrected chi connectivity index (χ2v) is 5.07. The molecule has 2 N–H and O–H groups in total. The Morgan fingerprint density at radius 2 is 2.15 bits per heavy atom. The summed E-state index contributed by atoms with van der Waals surface area (Å²) in [5.74, 6) is -1.30. The van der Waals surface area contributed by atoms with Crippen molar-refractivity contribution in [2.24, 2.45) is 0 Å². The van der Waals surface area contributed by atoms with E-state index in [2.05, 4.69) is 26.0 Å². The highest BCUT2D eigenvalue weighted by Crippen LogP contribution is 2.22. The van der Waals surface area contributed by atoms with Crippen LogP contribution >= 0.6 is 15.9 Å². The van der Waals surface area contributed by atoms with Crippen LogP contribution < -0.4 is 5.56 Å². The number of nitrogens with zero attached hydrogens (tertiary/aromatic N) is 2. The summed E-state index contributed by atoms with van der Waals surface area (Å²) in [4.78, 5) is 26.9. The Labute approximate surface area is 120 Å². The number of aromatic carboxylic acids is 1. The molecule has 0 saturated carbocycles. The minimum atomic E-state index is -1.30. The van der Waals surface area contributed by atoms with Gasteiger partial charge in [0.2, 0.25) is 0 Å². The maximum Gasteiger partial charge on any atom is 0.343 e. The van der Waals surface area contributed by atoms with Crippen LogP contribution in [0.4, 0.5) is 0 Å². The van der Waals surface area contributed by atoms with E-state index >= 15 is 0 Å². The van der Waals surface area contributed by atoms with Crippen molar-refractivity contribution >= 4 is 27.5 Å². The van der Waals surface area contributed by atoms with E-state index in [1.165, 1.54) is 0 Å². The summed E-state index contributed by atoms with van der Waals surface area (Å²) in [7, 11) is 0. The van der Waals surface area contributed by atoms with Gasteiger partial charge in [0, 0.05) is 22.3 Å². The Morgan fingerprint density at radius 3 is 2.85 bits per heavy atom. The van der Waals surface area contributed by atoms with E-state index in [1.807, 2.05) is 24.3 Å². The van der Waals surface area contributed by atoms with Gasteiger partial charge in [-0.1, -0.05) is 28.1 Å². The molecule has 0 aliphatic carbocycles. The van der Waals surface area contributed by atoms with Crippen LogP contribution in [0.2, 0.25) is 0 Å². The van der Waals surface area contributed by atoms with Gasteiger partial charge in [-0.2, -0.15) is 0 Å². The van der Waals surface area contributed by atoms with E-state index in [9.17, 15) is 9.59 Å². The molecular formula is C13H8BrN3O3. The van der Waals surface area contributed by atoms with Crippen molar-refractivity contribution in [1.82, 2.24) is 14.6 Å². The molecule has 0 atom stereocenters. The molecule has 3 aromatic rings. The molecule has 2 aromatic heterocycles. The first-order valence-electron chi connectivity index (χ1n) is 5.66. The van der Waals surface area contributed by atoms with Crippen LogP contribution in [-0.4, -0.2) is 25.7 Å². The Balaban J connectivity index is 2.24. The predicted octanol–water partition coefficient (Wildman–Crippen LogP) is 2.15. The fraction of sp³-hybridized carbons (Fsp3) is 0. The van der Waals surface area contributed by atoms with Gasteiger partial charge in [-0.25, -0.2) is 14.3 Å². The van der Waals surface area contributed by atoms with Crippen molar-refractivity contribution in [1.29, 1.82) is 0 Å². The van der Waals surface area contributed by atoms with Crippen molar-refractivity contribution in [2.45, 2.75) is 0 Å². The normalized spacial score (nSPS) is 10.8. The van der Waals surface area contributed by atoms with E-state index in [0.717, 1.165) is 20.7 Å². The summed E-state index contributed by atoms with van der Waals surface area (Å²) >= 11 is 3.37. The van der Waals surface area contributed by atoms with Crippen LogP contribution in [0.1, 0.15) is 10.4 Å². The predicted molar refractivity (Wildman–Crippen MR) is 75.9 cm³/mol. The number of fused-ring (bicyclic) bond motifs is 1. The zero-order valence-corrected chi connectivity index (χ0v) is 11.6. The monoisotopic (exact) mass is 333 g/mol. The lowest BCUT2D eigenvalue weighted by Crippen LogP contribution is -2.22. The lowest BCUT2D eigenvalue weighted by atomic mass is 10.2. The van der Waals surface area contributed by atoms with Crippen molar-refractivity contribution in [3.05, 3.63) is 56.9 Å². The molecule has 20 heavy (non-hydrogen) atoms. The van der Waals surface area contributed by atoms with Crippen molar-refractivity contribution < 1.29 is 9.90 Å². The number of aromatic amines is 1. The molecule has 0 aliphatic rings. The summed E-state index contributed by atoms with van der Waals surface area (Å²) in [5, 5.41) is 11.8. The zero-order chi connectivity index (χ0) is 14.3. The van der Waals surface area contributed by atoms with Gasteiger partial charge < -0.3 is 5.11 Å². The highest BCUT2D eigenvalue weighted by Gasteiger charge is 2.13. The van der Waals surface area contributed by atoms with Crippen molar-refractivity contribution in [3.63, 3.8) is 0 Å². The molecule has 3 rings (SSSR count). The van der Waals surface area contributed by atoms with Crippen LogP contribution in [0, 0.1) is 0 Å². The fourth-order valence-electron chi connectivity index (χ4n) is 1.91. The third kappa shape index (κ3) is 2.01. The van der Waals surface area contributed by atoms with E-state index in [1.54, 1.807) is 6.07 Å². The third-order valence-electron chi connectivity index (χ3n) is 2.86. The number of halogens is 1. The van der Waals surface area contributed by atoms with Gasteiger partial charge >= 0.3 is 5.97 Å². The molecule has 0 aliphatic heterocycles. The molecular weight excluding hydrogens is 326 g/mol. The Morgan fingerprint density at radius 1 is 1.35 bits per heavy atom. The highest BCUT2D eigenvalue weighted by molar-refractivity contribution is 9.10. The van der Waals surface area contributed by atoms with Crippen molar-refractivity contribution in [3.8, 4) is 11.3 Å². The van der Waals surface area contributed by atoms with Crippen LogP contribution in [0.15, 0.2) is 45.8 Å². The molecule has 0 radical (unpaired) electrons. The minimum absolute atomic E-state index is 0.370. The average Bonchev–Trinajstić information content (AvgIpc) is 2.83. The molecule has 7 heteroatoms. The smallest absolute Gasteiger partial charge is 0.343 e. The minimum Gasteiger partial charge on any atom is -0.477 e. The van der Waals surface area contributed by atoms with Gasteiger partial charge in [-0.15, -0.1) is 0 Å².